The summed E-state index contributed by atoms with van der Waals surface area (Å²) in [5.41, 5.74) is 6.82. The molecule has 1 atom stereocenters. The maximum absolute atomic E-state index is 12.8. The molecule has 0 bridgehead atoms. The summed E-state index contributed by atoms with van der Waals surface area (Å²) in [5, 5.41) is 0.430. The Hall–Kier alpha value is -0.600. The van der Waals surface area contributed by atoms with Gasteiger partial charge in [-0.25, -0.2) is 4.39 Å². The molecule has 2 N–H and O–H groups in total. The molecule has 1 rings (SSSR count). The molecule has 0 radical (unpaired) electrons. The first-order valence-corrected chi connectivity index (χ1v) is 5.73. The van der Waals surface area contributed by atoms with Crippen LogP contribution in [0.5, 0.6) is 0 Å². The molecule has 0 aromatic heterocycles. The van der Waals surface area contributed by atoms with Crippen LogP contribution >= 0.6 is 11.6 Å². The number of hydrogen-bond donors (Lipinski definition) is 1. The maximum atomic E-state index is 12.8. The molecule has 3 heteroatoms. The molecule has 0 saturated heterocycles. The van der Waals surface area contributed by atoms with E-state index in [4.69, 9.17) is 17.3 Å². The Morgan fingerprint density at radius 1 is 1.40 bits per heavy atom. The molecule has 0 aliphatic rings. The number of unbranched alkanes of at least 4 members (excludes halogenated alkanes) is 2. The van der Waals surface area contributed by atoms with Crippen LogP contribution in [0, 0.1) is 5.82 Å². The fourth-order valence-electron chi connectivity index (χ4n) is 1.57. The molecule has 0 saturated carbocycles. The van der Waals surface area contributed by atoms with E-state index in [1.54, 1.807) is 6.07 Å². The lowest BCUT2D eigenvalue weighted by Gasteiger charge is -2.13. The van der Waals surface area contributed by atoms with Crippen molar-refractivity contribution in [1.82, 2.24) is 0 Å². The first-order chi connectivity index (χ1) is 7.15. The van der Waals surface area contributed by atoms with E-state index in [2.05, 4.69) is 6.92 Å². The zero-order chi connectivity index (χ0) is 11.3. The van der Waals surface area contributed by atoms with Gasteiger partial charge >= 0.3 is 0 Å². The Kier molecular flexibility index (Phi) is 5.06. The molecule has 0 fully saturated rings. The van der Waals surface area contributed by atoms with E-state index in [-0.39, 0.29) is 11.9 Å². The summed E-state index contributed by atoms with van der Waals surface area (Å²) in [4.78, 5) is 0. The molecule has 0 heterocycles. The van der Waals surface area contributed by atoms with E-state index in [0.29, 0.717) is 5.02 Å². The molecular weight excluding hydrogens is 213 g/mol. The molecule has 0 amide bonds. The van der Waals surface area contributed by atoms with Crippen molar-refractivity contribution < 1.29 is 4.39 Å². The van der Waals surface area contributed by atoms with Crippen LogP contribution in [0.1, 0.15) is 44.2 Å². The average Bonchev–Trinajstić information content (AvgIpc) is 2.17. The molecule has 1 aromatic rings. The topological polar surface area (TPSA) is 26.0 Å². The van der Waals surface area contributed by atoms with Crippen molar-refractivity contribution in [2.75, 3.05) is 0 Å². The summed E-state index contributed by atoms with van der Waals surface area (Å²) < 4.78 is 12.8. The second-order valence-electron chi connectivity index (χ2n) is 3.77. The molecular formula is C12H17ClFN. The van der Waals surface area contributed by atoms with Crippen molar-refractivity contribution in [1.29, 1.82) is 0 Å². The minimum Gasteiger partial charge on any atom is -0.324 e. The first-order valence-electron chi connectivity index (χ1n) is 5.35. The predicted molar refractivity (Wildman–Crippen MR) is 62.5 cm³/mol. The third kappa shape index (κ3) is 3.80. The van der Waals surface area contributed by atoms with Crippen LogP contribution in [0.4, 0.5) is 4.39 Å². The Morgan fingerprint density at radius 2 is 2.13 bits per heavy atom. The molecule has 84 valence electrons. The SMILES string of the molecule is CCCCC[C@@H](N)c1ccc(F)cc1Cl. The standard InChI is InChI=1S/C12H17ClFN/c1-2-3-4-5-12(15)10-7-6-9(14)8-11(10)13/h6-8,12H,2-5,15H2,1H3/t12-/m1/s1. The van der Waals surface area contributed by atoms with Crippen LogP contribution in [-0.2, 0) is 0 Å². The Bertz CT molecular complexity index is 314. The van der Waals surface area contributed by atoms with Gasteiger partial charge in [0, 0.05) is 11.1 Å². The van der Waals surface area contributed by atoms with E-state index >= 15 is 0 Å². The van der Waals surface area contributed by atoms with Crippen LogP contribution < -0.4 is 5.73 Å². The average molecular weight is 230 g/mol. The van der Waals surface area contributed by atoms with Gasteiger partial charge in [0.05, 0.1) is 0 Å². The minimum absolute atomic E-state index is 0.0790. The van der Waals surface area contributed by atoms with E-state index in [1.807, 2.05) is 0 Å². The second kappa shape index (κ2) is 6.09. The molecule has 0 spiro atoms. The third-order valence-corrected chi connectivity index (χ3v) is 2.81. The normalized spacial score (nSPS) is 12.8. The van der Waals surface area contributed by atoms with Crippen molar-refractivity contribution in [3.8, 4) is 0 Å². The summed E-state index contributed by atoms with van der Waals surface area (Å²) in [7, 11) is 0. The maximum Gasteiger partial charge on any atom is 0.124 e. The van der Waals surface area contributed by atoms with E-state index in [0.717, 1.165) is 18.4 Å². The smallest absolute Gasteiger partial charge is 0.124 e. The largest absolute Gasteiger partial charge is 0.324 e. The van der Waals surface area contributed by atoms with Gasteiger partial charge in [-0.3, -0.25) is 0 Å². The van der Waals surface area contributed by atoms with Gasteiger partial charge in [-0.1, -0.05) is 43.9 Å². The second-order valence-corrected chi connectivity index (χ2v) is 4.18. The van der Waals surface area contributed by atoms with Crippen LogP contribution in [0.2, 0.25) is 5.02 Å². The Morgan fingerprint density at radius 3 is 2.73 bits per heavy atom. The Balaban J connectivity index is 2.61. The highest BCUT2D eigenvalue weighted by Gasteiger charge is 2.10. The summed E-state index contributed by atoms with van der Waals surface area (Å²) in [6, 6.07) is 4.32. The zero-order valence-corrected chi connectivity index (χ0v) is 9.73. The molecule has 0 aliphatic carbocycles. The van der Waals surface area contributed by atoms with Crippen LogP contribution in [0.15, 0.2) is 18.2 Å². The van der Waals surface area contributed by atoms with Gasteiger partial charge in [0.25, 0.3) is 0 Å². The summed E-state index contributed by atoms with van der Waals surface area (Å²) >= 11 is 5.92. The number of rotatable bonds is 5. The van der Waals surface area contributed by atoms with Crippen molar-refractivity contribution >= 4 is 11.6 Å². The molecule has 0 unspecified atom stereocenters. The minimum atomic E-state index is -0.315. The van der Waals surface area contributed by atoms with E-state index in [9.17, 15) is 4.39 Å². The Labute approximate surface area is 95.4 Å². The van der Waals surface area contributed by atoms with Crippen molar-refractivity contribution in [3.63, 3.8) is 0 Å². The van der Waals surface area contributed by atoms with Crippen LogP contribution in [-0.4, -0.2) is 0 Å². The first kappa shape index (κ1) is 12.5. The molecule has 0 aliphatic heterocycles. The lowest BCUT2D eigenvalue weighted by Crippen LogP contribution is -2.10. The highest BCUT2D eigenvalue weighted by molar-refractivity contribution is 6.31. The van der Waals surface area contributed by atoms with Gasteiger partial charge in [0.15, 0.2) is 0 Å². The fourth-order valence-corrected chi connectivity index (χ4v) is 1.88. The van der Waals surface area contributed by atoms with E-state index < -0.39 is 0 Å². The molecule has 15 heavy (non-hydrogen) atoms. The van der Waals surface area contributed by atoms with Gasteiger partial charge in [0.1, 0.15) is 5.82 Å². The van der Waals surface area contributed by atoms with Crippen LogP contribution in [0.25, 0.3) is 0 Å². The number of benzene rings is 1. The lowest BCUT2D eigenvalue weighted by atomic mass is 10.0. The van der Waals surface area contributed by atoms with Gasteiger partial charge in [-0.05, 0) is 24.1 Å². The van der Waals surface area contributed by atoms with Crippen molar-refractivity contribution in [2.24, 2.45) is 5.73 Å². The fraction of sp³-hybridized carbons (Fsp3) is 0.500. The summed E-state index contributed by atoms with van der Waals surface area (Å²) in [6.07, 6.45) is 4.33. The van der Waals surface area contributed by atoms with Gasteiger partial charge in [0.2, 0.25) is 0 Å². The van der Waals surface area contributed by atoms with Crippen molar-refractivity contribution in [2.45, 2.75) is 38.6 Å². The lowest BCUT2D eigenvalue weighted by molar-refractivity contribution is 0.578. The molecule has 1 nitrogen and oxygen atoms in total. The quantitative estimate of drug-likeness (QED) is 0.758. The molecule has 1 aromatic carbocycles. The van der Waals surface area contributed by atoms with Crippen molar-refractivity contribution in [3.05, 3.63) is 34.6 Å². The summed E-state index contributed by atoms with van der Waals surface area (Å²) in [6.45, 7) is 2.15. The van der Waals surface area contributed by atoms with Gasteiger partial charge < -0.3 is 5.73 Å². The highest BCUT2D eigenvalue weighted by Crippen LogP contribution is 2.25. The van der Waals surface area contributed by atoms with E-state index in [1.165, 1.54) is 25.0 Å². The zero-order valence-electron chi connectivity index (χ0n) is 8.97. The number of halogens is 2. The summed E-state index contributed by atoms with van der Waals surface area (Å²) in [5.74, 6) is -0.315. The third-order valence-electron chi connectivity index (χ3n) is 2.48. The number of nitrogens with two attached hydrogens (primary N) is 1. The highest BCUT2D eigenvalue weighted by atomic mass is 35.5. The predicted octanol–water partition coefficient (Wildman–Crippen LogP) is 4.06. The monoisotopic (exact) mass is 229 g/mol. The number of hydrogen-bond acceptors (Lipinski definition) is 1. The van der Waals surface area contributed by atoms with Gasteiger partial charge in [-0.2, -0.15) is 0 Å². The van der Waals surface area contributed by atoms with Crippen LogP contribution in [0.3, 0.4) is 0 Å². The van der Waals surface area contributed by atoms with Gasteiger partial charge in [-0.15, -0.1) is 0 Å².